The summed E-state index contributed by atoms with van der Waals surface area (Å²) in [7, 11) is 2.94. The summed E-state index contributed by atoms with van der Waals surface area (Å²) in [6, 6.07) is 5.55. The lowest BCUT2D eigenvalue weighted by Gasteiger charge is -2.22. The fourth-order valence-electron chi connectivity index (χ4n) is 4.05. The van der Waals surface area contributed by atoms with Crippen molar-refractivity contribution in [2.24, 2.45) is 12.8 Å². The number of fused-ring (bicyclic) bond motifs is 3. The summed E-state index contributed by atoms with van der Waals surface area (Å²) < 4.78 is 42.7. The molecule has 0 aliphatic rings. The SMILES string of the molecule is C=C(C)C[C@H](NC(=O)OC(C)(C)C)C(=O)OC.Cn1c(=O)c2cnccc2c2ccc(OC[C@@H](N)CC(C)(F)F)cc21. The van der Waals surface area contributed by atoms with Crippen LogP contribution in [0.2, 0.25) is 0 Å². The van der Waals surface area contributed by atoms with E-state index < -0.39 is 42.1 Å². The minimum atomic E-state index is -2.83. The number of carbonyl (C=O) groups is 2. The van der Waals surface area contributed by atoms with E-state index in [-0.39, 0.29) is 12.2 Å². The Morgan fingerprint density at radius 3 is 2.38 bits per heavy atom. The maximum atomic E-state index is 13.0. The highest BCUT2D eigenvalue weighted by molar-refractivity contribution is 6.05. The number of pyridine rings is 2. The zero-order valence-electron chi connectivity index (χ0n) is 25.1. The molecule has 0 saturated heterocycles. The van der Waals surface area contributed by atoms with Crippen molar-refractivity contribution >= 4 is 33.7 Å². The van der Waals surface area contributed by atoms with E-state index in [1.54, 1.807) is 65.3 Å². The van der Waals surface area contributed by atoms with Crippen LogP contribution in [0.5, 0.6) is 5.75 Å². The van der Waals surface area contributed by atoms with Gasteiger partial charge in [0.15, 0.2) is 0 Å². The summed E-state index contributed by atoms with van der Waals surface area (Å²) in [5.41, 5.74) is 6.39. The molecule has 12 heteroatoms. The van der Waals surface area contributed by atoms with E-state index >= 15 is 0 Å². The van der Waals surface area contributed by atoms with Crippen molar-refractivity contribution in [1.82, 2.24) is 14.9 Å². The lowest BCUT2D eigenvalue weighted by Crippen LogP contribution is -2.44. The van der Waals surface area contributed by atoms with Crippen LogP contribution in [0.3, 0.4) is 0 Å². The average molecular weight is 591 g/mol. The molecule has 2 heterocycles. The Morgan fingerprint density at radius 2 is 1.81 bits per heavy atom. The number of benzene rings is 1. The largest absolute Gasteiger partial charge is 0.492 e. The van der Waals surface area contributed by atoms with Crippen molar-refractivity contribution in [1.29, 1.82) is 0 Å². The van der Waals surface area contributed by atoms with Crippen LogP contribution in [-0.4, -0.2) is 58.9 Å². The molecule has 1 amide bonds. The predicted octanol–water partition coefficient (Wildman–Crippen LogP) is 4.86. The van der Waals surface area contributed by atoms with Crippen LogP contribution < -0.4 is 21.3 Å². The smallest absolute Gasteiger partial charge is 0.408 e. The van der Waals surface area contributed by atoms with Crippen molar-refractivity contribution in [2.75, 3.05) is 13.7 Å². The number of halogens is 2. The van der Waals surface area contributed by atoms with Gasteiger partial charge in [-0.25, -0.2) is 18.4 Å². The zero-order valence-corrected chi connectivity index (χ0v) is 25.1. The van der Waals surface area contributed by atoms with Crippen molar-refractivity contribution in [2.45, 2.75) is 71.1 Å². The molecule has 42 heavy (non-hydrogen) atoms. The number of methoxy groups -OCH3 is 1. The van der Waals surface area contributed by atoms with Crippen LogP contribution >= 0.6 is 0 Å². The van der Waals surface area contributed by atoms with Crippen molar-refractivity contribution in [3.8, 4) is 5.75 Å². The number of amides is 1. The van der Waals surface area contributed by atoms with Gasteiger partial charge >= 0.3 is 12.1 Å². The Morgan fingerprint density at radius 1 is 1.14 bits per heavy atom. The number of rotatable bonds is 9. The van der Waals surface area contributed by atoms with E-state index in [1.807, 2.05) is 6.07 Å². The third-order valence-corrected chi connectivity index (χ3v) is 5.79. The topological polar surface area (TPSA) is 135 Å². The molecule has 3 rings (SSSR count). The Labute approximate surface area is 243 Å². The number of hydrogen-bond donors (Lipinski definition) is 2. The number of alkyl halides is 2. The molecule has 0 spiro atoms. The number of nitrogens with zero attached hydrogens (tertiary/aromatic N) is 2. The molecular weight excluding hydrogens is 550 g/mol. The van der Waals surface area contributed by atoms with Crippen molar-refractivity contribution in [3.63, 3.8) is 0 Å². The molecular formula is C30H40F2N4O6. The first kappa shape index (κ1) is 34.1. The van der Waals surface area contributed by atoms with Crippen LogP contribution in [0.1, 0.15) is 47.5 Å². The number of hydrogen-bond acceptors (Lipinski definition) is 8. The van der Waals surface area contributed by atoms with Crippen LogP contribution in [0, 0.1) is 0 Å². The number of nitrogens with one attached hydrogen (secondary N) is 1. The van der Waals surface area contributed by atoms with E-state index in [1.165, 1.54) is 11.7 Å². The number of ether oxygens (including phenoxy) is 3. The highest BCUT2D eigenvalue weighted by Crippen LogP contribution is 2.26. The molecule has 3 aromatic rings. The second-order valence-corrected chi connectivity index (χ2v) is 11.2. The van der Waals surface area contributed by atoms with Gasteiger partial charge in [-0.2, -0.15) is 0 Å². The number of aryl methyl sites for hydroxylation is 1. The zero-order chi connectivity index (χ0) is 31.8. The molecule has 0 radical (unpaired) electrons. The monoisotopic (exact) mass is 590 g/mol. The molecule has 0 fully saturated rings. The Balaban J connectivity index is 0.000000319. The van der Waals surface area contributed by atoms with E-state index in [4.69, 9.17) is 15.2 Å². The van der Waals surface area contributed by atoms with E-state index in [0.717, 1.165) is 23.3 Å². The van der Waals surface area contributed by atoms with Crippen molar-refractivity contribution in [3.05, 3.63) is 59.2 Å². The lowest BCUT2D eigenvalue weighted by atomic mass is 10.1. The number of aromatic nitrogens is 2. The van der Waals surface area contributed by atoms with Gasteiger partial charge in [0.05, 0.1) is 18.0 Å². The average Bonchev–Trinajstić information content (AvgIpc) is 2.87. The fourth-order valence-corrected chi connectivity index (χ4v) is 4.05. The highest BCUT2D eigenvalue weighted by Gasteiger charge is 2.26. The lowest BCUT2D eigenvalue weighted by molar-refractivity contribution is -0.143. The van der Waals surface area contributed by atoms with Gasteiger partial charge in [-0.3, -0.25) is 9.78 Å². The normalized spacial score (nSPS) is 13.0. The summed E-state index contributed by atoms with van der Waals surface area (Å²) >= 11 is 0. The highest BCUT2D eigenvalue weighted by atomic mass is 19.3. The van der Waals surface area contributed by atoms with Gasteiger partial charge in [-0.1, -0.05) is 5.57 Å². The first-order valence-electron chi connectivity index (χ1n) is 13.3. The standard InChI is InChI=1S/C18H19F2N3O2.C12H21NO4/c1-18(19,20)8-11(21)10-25-12-3-4-14-13-5-6-22-9-15(13)17(24)23(2)16(14)7-12;1-8(2)7-9(10(14)16-6)13-11(15)17-12(3,4)5/h3-7,9,11H,8,10,21H2,1-2H3;9H,1,7H2,2-6H3,(H,13,15)/t11-;9-/m00/s1. The van der Waals surface area contributed by atoms with Gasteiger partial charge in [0.2, 0.25) is 5.92 Å². The van der Waals surface area contributed by atoms with Crippen LogP contribution in [0.15, 0.2) is 53.6 Å². The molecule has 230 valence electrons. The third kappa shape index (κ3) is 10.4. The molecule has 0 aliphatic carbocycles. The summed E-state index contributed by atoms with van der Waals surface area (Å²) in [5, 5.41) is 4.69. The molecule has 0 bridgehead atoms. The molecule has 3 N–H and O–H groups in total. The molecule has 10 nitrogen and oxygen atoms in total. The van der Waals surface area contributed by atoms with E-state index in [0.29, 0.717) is 23.1 Å². The first-order chi connectivity index (χ1) is 19.4. The second-order valence-electron chi connectivity index (χ2n) is 11.2. The predicted molar refractivity (Wildman–Crippen MR) is 158 cm³/mol. The third-order valence-electron chi connectivity index (χ3n) is 5.79. The van der Waals surface area contributed by atoms with Gasteiger partial charge in [-0.15, -0.1) is 6.58 Å². The molecule has 2 aromatic heterocycles. The van der Waals surface area contributed by atoms with Gasteiger partial charge in [0.1, 0.15) is 24.0 Å². The molecule has 0 saturated carbocycles. The Hall–Kier alpha value is -4.06. The first-order valence-corrected chi connectivity index (χ1v) is 13.3. The summed E-state index contributed by atoms with van der Waals surface area (Å²) in [5.74, 6) is -2.87. The van der Waals surface area contributed by atoms with Gasteiger partial charge in [-0.05, 0) is 64.6 Å². The molecule has 0 aliphatic heterocycles. The minimum absolute atomic E-state index is 0.0274. The number of nitrogens with two attached hydrogens (primary N) is 1. The van der Waals surface area contributed by atoms with Gasteiger partial charge in [0.25, 0.3) is 5.56 Å². The Bertz CT molecular complexity index is 1480. The molecule has 0 unspecified atom stereocenters. The minimum Gasteiger partial charge on any atom is -0.492 e. The number of carbonyl (C=O) groups excluding carboxylic acids is 2. The Kier molecular flexibility index (Phi) is 11.6. The number of esters is 1. The van der Waals surface area contributed by atoms with E-state index in [2.05, 4.69) is 21.6 Å². The van der Waals surface area contributed by atoms with E-state index in [9.17, 15) is 23.2 Å². The maximum Gasteiger partial charge on any atom is 0.408 e. The van der Waals surface area contributed by atoms with Gasteiger partial charge < -0.3 is 29.8 Å². The van der Waals surface area contributed by atoms with Crippen LogP contribution in [-0.2, 0) is 21.3 Å². The van der Waals surface area contributed by atoms with Crippen LogP contribution in [0.4, 0.5) is 13.6 Å². The van der Waals surface area contributed by atoms with Crippen molar-refractivity contribution < 1.29 is 32.6 Å². The fraction of sp³-hybridized carbons (Fsp3) is 0.467. The van der Waals surface area contributed by atoms with Gasteiger partial charge in [0, 0.05) is 43.4 Å². The number of alkyl carbamates (subject to hydrolysis) is 1. The summed E-state index contributed by atoms with van der Waals surface area (Å²) in [4.78, 5) is 39.4. The van der Waals surface area contributed by atoms with Crippen LogP contribution in [0.25, 0.3) is 21.7 Å². The quantitative estimate of drug-likeness (QED) is 0.205. The molecule has 1 aromatic carbocycles. The summed E-state index contributed by atoms with van der Waals surface area (Å²) in [6.45, 7) is 11.5. The molecule has 2 atom stereocenters. The summed E-state index contributed by atoms with van der Waals surface area (Å²) in [6.07, 6.45) is 2.41. The second kappa shape index (κ2) is 14.2. The maximum absolute atomic E-state index is 13.0.